The van der Waals surface area contributed by atoms with E-state index in [2.05, 4.69) is 25.4 Å². The highest BCUT2D eigenvalue weighted by atomic mass is 19.1. The van der Waals surface area contributed by atoms with Crippen LogP contribution in [0.15, 0.2) is 58.1 Å². The van der Waals surface area contributed by atoms with Crippen molar-refractivity contribution in [1.29, 1.82) is 0 Å². The van der Waals surface area contributed by atoms with Gasteiger partial charge in [-0.05, 0) is 11.6 Å². The number of nitrogens with one attached hydrogen (secondary N) is 1. The Labute approximate surface area is 188 Å². The van der Waals surface area contributed by atoms with Crippen molar-refractivity contribution < 1.29 is 8.91 Å². The second-order valence-electron chi connectivity index (χ2n) is 7.91. The van der Waals surface area contributed by atoms with Crippen molar-refractivity contribution in [2.75, 3.05) is 24.5 Å². The van der Waals surface area contributed by atoms with E-state index in [0.29, 0.717) is 43.0 Å². The summed E-state index contributed by atoms with van der Waals surface area (Å²) in [7, 11) is 1.68. The maximum Gasteiger partial charge on any atom is 0.255 e. The molecule has 1 unspecified atom stereocenters. The van der Waals surface area contributed by atoms with Crippen molar-refractivity contribution in [3.8, 4) is 22.6 Å². The van der Waals surface area contributed by atoms with Crippen molar-refractivity contribution in [3.05, 3.63) is 76.4 Å². The van der Waals surface area contributed by atoms with Gasteiger partial charge in [0, 0.05) is 63.0 Å². The molecule has 3 aromatic heterocycles. The molecule has 1 aliphatic heterocycles. The van der Waals surface area contributed by atoms with Crippen molar-refractivity contribution in [3.63, 3.8) is 0 Å². The molecule has 1 fully saturated rings. The minimum absolute atomic E-state index is 0.0259. The summed E-state index contributed by atoms with van der Waals surface area (Å²) in [5.41, 5.74) is 2.26. The smallest absolute Gasteiger partial charge is 0.255 e. The van der Waals surface area contributed by atoms with Gasteiger partial charge >= 0.3 is 0 Å². The molecule has 0 amide bonds. The highest BCUT2D eigenvalue weighted by Crippen LogP contribution is 2.25. The van der Waals surface area contributed by atoms with Crippen molar-refractivity contribution in [1.82, 2.24) is 30.0 Å². The molecule has 168 valence electrons. The lowest BCUT2D eigenvalue weighted by molar-refractivity contribution is 0.394. The summed E-state index contributed by atoms with van der Waals surface area (Å²) in [6.07, 6.45) is 2.60. The van der Waals surface area contributed by atoms with E-state index in [-0.39, 0.29) is 17.2 Å². The summed E-state index contributed by atoms with van der Waals surface area (Å²) in [6.45, 7) is 3.73. The Hall–Kier alpha value is -3.92. The van der Waals surface area contributed by atoms with E-state index in [1.165, 1.54) is 22.9 Å². The molecule has 9 nitrogen and oxygen atoms in total. The largest absolute Gasteiger partial charge is 0.339 e. The van der Waals surface area contributed by atoms with Gasteiger partial charge in [0.25, 0.3) is 5.56 Å². The molecule has 1 atom stereocenters. The van der Waals surface area contributed by atoms with Crippen LogP contribution in [0.3, 0.4) is 0 Å². The second kappa shape index (κ2) is 8.55. The molecular weight excluding hydrogens is 425 g/mol. The van der Waals surface area contributed by atoms with Crippen molar-refractivity contribution >= 4 is 5.95 Å². The van der Waals surface area contributed by atoms with Gasteiger partial charge in [-0.3, -0.25) is 14.3 Å². The third-order valence-electron chi connectivity index (χ3n) is 5.72. The first kappa shape index (κ1) is 21.0. The fourth-order valence-electron chi connectivity index (χ4n) is 3.97. The molecular formula is C23H22FN7O2. The first-order chi connectivity index (χ1) is 16.0. The molecule has 0 spiro atoms. The van der Waals surface area contributed by atoms with E-state index < -0.39 is 5.82 Å². The number of benzene rings is 1. The standard InChI is InChI=1S/C23H22FN7O2/c1-14-27-22(29-33-14)16-5-3-15(4-6-16)20-13-31(10-9-26-20)23-28-19(11-21(32)30(23)2)17-7-8-25-12-18(17)24/h3-8,11-12,20,26H,9-10,13H2,1-2H3. The molecule has 1 N–H and O–H groups in total. The fraction of sp³-hybridized carbons (Fsp3) is 0.261. The fourth-order valence-corrected chi connectivity index (χ4v) is 3.97. The molecule has 0 saturated carbocycles. The molecule has 1 aromatic carbocycles. The summed E-state index contributed by atoms with van der Waals surface area (Å²) in [4.78, 5) is 27.4. The van der Waals surface area contributed by atoms with Gasteiger partial charge in [-0.25, -0.2) is 9.37 Å². The zero-order valence-electron chi connectivity index (χ0n) is 18.2. The van der Waals surface area contributed by atoms with Crippen LogP contribution in [0.5, 0.6) is 0 Å². The lowest BCUT2D eigenvalue weighted by Gasteiger charge is -2.35. The number of anilines is 1. The van der Waals surface area contributed by atoms with Crippen LogP contribution in [0.4, 0.5) is 10.3 Å². The quantitative estimate of drug-likeness (QED) is 0.509. The van der Waals surface area contributed by atoms with Crippen LogP contribution in [0.2, 0.25) is 0 Å². The van der Waals surface area contributed by atoms with Crippen molar-refractivity contribution in [2.45, 2.75) is 13.0 Å². The maximum atomic E-state index is 14.3. The van der Waals surface area contributed by atoms with E-state index >= 15 is 0 Å². The number of hydrogen-bond acceptors (Lipinski definition) is 8. The molecule has 5 rings (SSSR count). The molecule has 0 aliphatic carbocycles. The average molecular weight is 447 g/mol. The predicted octanol–water partition coefficient (Wildman–Crippen LogP) is 2.49. The van der Waals surface area contributed by atoms with Crippen LogP contribution in [-0.4, -0.2) is 44.3 Å². The average Bonchev–Trinajstić information content (AvgIpc) is 3.27. The van der Waals surface area contributed by atoms with Gasteiger partial charge in [0.15, 0.2) is 5.82 Å². The highest BCUT2D eigenvalue weighted by Gasteiger charge is 2.24. The van der Waals surface area contributed by atoms with E-state index in [0.717, 1.165) is 17.3 Å². The molecule has 33 heavy (non-hydrogen) atoms. The minimum Gasteiger partial charge on any atom is -0.339 e. The number of nitrogens with zero attached hydrogens (tertiary/aromatic N) is 6. The molecule has 0 bridgehead atoms. The zero-order chi connectivity index (χ0) is 22.9. The predicted molar refractivity (Wildman–Crippen MR) is 120 cm³/mol. The molecule has 0 radical (unpaired) electrons. The van der Waals surface area contributed by atoms with Gasteiger partial charge in [-0.1, -0.05) is 29.4 Å². The van der Waals surface area contributed by atoms with Gasteiger partial charge in [-0.2, -0.15) is 4.98 Å². The number of halogens is 1. The zero-order valence-corrected chi connectivity index (χ0v) is 18.2. The van der Waals surface area contributed by atoms with Gasteiger partial charge in [0.05, 0.1) is 11.9 Å². The number of rotatable bonds is 4. The monoisotopic (exact) mass is 447 g/mol. The van der Waals surface area contributed by atoms with Crippen LogP contribution in [-0.2, 0) is 7.05 Å². The Balaban J connectivity index is 1.42. The topological polar surface area (TPSA) is 102 Å². The van der Waals surface area contributed by atoms with Gasteiger partial charge in [-0.15, -0.1) is 0 Å². The van der Waals surface area contributed by atoms with E-state index in [4.69, 9.17) is 4.52 Å². The Morgan fingerprint density at radius 3 is 2.73 bits per heavy atom. The second-order valence-corrected chi connectivity index (χ2v) is 7.91. The number of hydrogen-bond donors (Lipinski definition) is 1. The summed E-state index contributed by atoms with van der Waals surface area (Å²) < 4.78 is 20.8. The molecule has 10 heteroatoms. The van der Waals surface area contributed by atoms with Crippen molar-refractivity contribution in [2.24, 2.45) is 7.05 Å². The normalized spacial score (nSPS) is 16.2. The Kier molecular flexibility index (Phi) is 5.43. The Morgan fingerprint density at radius 1 is 1.18 bits per heavy atom. The molecule has 4 aromatic rings. The van der Waals surface area contributed by atoms with E-state index in [1.807, 2.05) is 29.2 Å². The van der Waals surface area contributed by atoms with E-state index in [1.54, 1.807) is 14.0 Å². The molecule has 1 saturated heterocycles. The minimum atomic E-state index is -0.515. The highest BCUT2D eigenvalue weighted by molar-refractivity contribution is 5.60. The lowest BCUT2D eigenvalue weighted by Crippen LogP contribution is -2.47. The Morgan fingerprint density at radius 2 is 2.00 bits per heavy atom. The van der Waals surface area contributed by atoms with Crippen LogP contribution < -0.4 is 15.8 Å². The summed E-state index contributed by atoms with van der Waals surface area (Å²) in [6, 6.07) is 10.9. The van der Waals surface area contributed by atoms with Crippen LogP contribution in [0.1, 0.15) is 17.5 Å². The Bertz CT molecular complexity index is 1350. The maximum absolute atomic E-state index is 14.3. The summed E-state index contributed by atoms with van der Waals surface area (Å²) in [5.74, 6) is 1.06. The number of piperazine rings is 1. The summed E-state index contributed by atoms with van der Waals surface area (Å²) >= 11 is 0. The third-order valence-corrected chi connectivity index (χ3v) is 5.72. The first-order valence-corrected chi connectivity index (χ1v) is 10.6. The van der Waals surface area contributed by atoms with Crippen LogP contribution >= 0.6 is 0 Å². The summed E-state index contributed by atoms with van der Waals surface area (Å²) in [5, 5.41) is 7.47. The van der Waals surface area contributed by atoms with E-state index in [9.17, 15) is 9.18 Å². The number of aryl methyl sites for hydroxylation is 1. The SMILES string of the molecule is Cc1nc(-c2ccc(C3CN(c4nc(-c5ccncc5F)cc(=O)n4C)CCN3)cc2)no1. The van der Waals surface area contributed by atoms with Gasteiger partial charge in [0.2, 0.25) is 17.7 Å². The first-order valence-electron chi connectivity index (χ1n) is 10.6. The van der Waals surface area contributed by atoms with Crippen LogP contribution in [0.25, 0.3) is 22.6 Å². The molecule has 4 heterocycles. The molecule has 1 aliphatic rings. The third kappa shape index (κ3) is 4.12. The number of aromatic nitrogens is 5. The number of pyridine rings is 1. The lowest BCUT2D eigenvalue weighted by atomic mass is 10.0. The van der Waals surface area contributed by atoms with Crippen LogP contribution in [0, 0.1) is 12.7 Å². The van der Waals surface area contributed by atoms with Gasteiger partial charge < -0.3 is 14.7 Å². The van der Waals surface area contributed by atoms with Gasteiger partial charge in [0.1, 0.15) is 0 Å².